The molecule has 0 aliphatic heterocycles. The summed E-state index contributed by atoms with van der Waals surface area (Å²) in [4.78, 5) is 10.8. The molecule has 0 heterocycles. The molecule has 0 aliphatic rings. The van der Waals surface area contributed by atoms with E-state index in [2.05, 4.69) is 0 Å². The zero-order chi connectivity index (χ0) is 12.3. The summed E-state index contributed by atoms with van der Waals surface area (Å²) in [5, 5.41) is 9.17. The Bertz CT molecular complexity index is 408. The summed E-state index contributed by atoms with van der Waals surface area (Å²) >= 11 is 5.87. The Hall–Kier alpha value is -1.46. The average molecular weight is 246 g/mol. The highest BCUT2D eigenvalue weighted by atomic mass is 35.5. The quantitative estimate of drug-likeness (QED) is 0.839. The summed E-state index contributed by atoms with van der Waals surface area (Å²) in [6.45, 7) is 0. The van der Waals surface area contributed by atoms with Crippen molar-refractivity contribution in [3.05, 3.63) is 22.7 Å². The van der Waals surface area contributed by atoms with Gasteiger partial charge in [-0.05, 0) is 6.07 Å². The highest BCUT2D eigenvalue weighted by Gasteiger charge is 2.21. The summed E-state index contributed by atoms with van der Waals surface area (Å²) in [6.07, 6.45) is 0. The van der Waals surface area contributed by atoms with E-state index in [1.807, 2.05) is 0 Å². The van der Waals surface area contributed by atoms with Crippen LogP contribution >= 0.6 is 11.6 Å². The first-order valence-corrected chi connectivity index (χ1v) is 4.78. The van der Waals surface area contributed by atoms with E-state index in [9.17, 15) is 4.79 Å². The van der Waals surface area contributed by atoms with Crippen molar-refractivity contribution in [2.75, 3.05) is 14.2 Å². The van der Waals surface area contributed by atoms with Gasteiger partial charge in [-0.15, -0.1) is 0 Å². The minimum absolute atomic E-state index is 0.316. The van der Waals surface area contributed by atoms with Crippen LogP contribution in [0.4, 0.5) is 0 Å². The van der Waals surface area contributed by atoms with Gasteiger partial charge in [-0.25, -0.2) is 0 Å². The minimum atomic E-state index is -1.18. The average Bonchev–Trinajstić information content (AvgIpc) is 2.27. The predicted octanol–water partition coefficient (Wildman–Crippen LogP) is 1.44. The predicted molar refractivity (Wildman–Crippen MR) is 59.1 cm³/mol. The van der Waals surface area contributed by atoms with Crippen LogP contribution in [0.15, 0.2) is 12.1 Å². The smallest absolute Gasteiger partial charge is 0.325 e. The summed E-state index contributed by atoms with van der Waals surface area (Å²) in [5.74, 6) is -0.474. The van der Waals surface area contributed by atoms with Gasteiger partial charge in [0, 0.05) is 11.6 Å². The summed E-state index contributed by atoms with van der Waals surface area (Å²) in [6, 6.07) is 1.75. The number of carboxylic acids is 1. The molecule has 5 nitrogen and oxygen atoms in total. The SMILES string of the molecule is COc1cc(C(N)C(=O)O)c(OC)cc1Cl. The van der Waals surface area contributed by atoms with Crippen molar-refractivity contribution < 1.29 is 19.4 Å². The first kappa shape index (κ1) is 12.6. The Morgan fingerprint density at radius 2 is 1.94 bits per heavy atom. The fourth-order valence-corrected chi connectivity index (χ4v) is 1.49. The number of benzene rings is 1. The maximum absolute atomic E-state index is 10.8. The van der Waals surface area contributed by atoms with Crippen LogP contribution in [0.1, 0.15) is 11.6 Å². The van der Waals surface area contributed by atoms with E-state index in [1.54, 1.807) is 0 Å². The number of aliphatic carboxylic acids is 1. The number of nitrogens with two attached hydrogens (primary N) is 1. The minimum Gasteiger partial charge on any atom is -0.496 e. The van der Waals surface area contributed by atoms with E-state index in [0.717, 1.165) is 0 Å². The van der Waals surface area contributed by atoms with Crippen molar-refractivity contribution in [2.45, 2.75) is 6.04 Å². The molecular formula is C10H12ClNO4. The molecule has 1 aromatic carbocycles. The molecule has 0 radical (unpaired) electrons. The zero-order valence-corrected chi connectivity index (χ0v) is 9.62. The highest BCUT2D eigenvalue weighted by Crippen LogP contribution is 2.34. The molecule has 0 fully saturated rings. The van der Waals surface area contributed by atoms with Crippen molar-refractivity contribution in [1.82, 2.24) is 0 Å². The van der Waals surface area contributed by atoms with Gasteiger partial charge in [-0.3, -0.25) is 4.79 Å². The summed E-state index contributed by atoms with van der Waals surface area (Å²) < 4.78 is 9.99. The molecular weight excluding hydrogens is 234 g/mol. The van der Waals surface area contributed by atoms with Crippen molar-refractivity contribution in [3.8, 4) is 11.5 Å². The lowest BCUT2D eigenvalue weighted by atomic mass is 10.1. The second-order valence-electron chi connectivity index (χ2n) is 3.04. The maximum atomic E-state index is 10.8. The van der Waals surface area contributed by atoms with Crippen LogP contribution in [0.2, 0.25) is 5.02 Å². The Kier molecular flexibility index (Phi) is 3.98. The number of halogens is 1. The molecule has 1 atom stereocenters. The standard InChI is InChI=1S/C10H12ClNO4/c1-15-7-4-6(11)8(16-2)3-5(7)9(12)10(13)14/h3-4,9H,12H2,1-2H3,(H,13,14). The molecule has 16 heavy (non-hydrogen) atoms. The van der Waals surface area contributed by atoms with Gasteiger partial charge in [0.15, 0.2) is 0 Å². The third kappa shape index (κ3) is 2.37. The third-order valence-electron chi connectivity index (χ3n) is 2.11. The van der Waals surface area contributed by atoms with Crippen LogP contribution in [0.3, 0.4) is 0 Å². The van der Waals surface area contributed by atoms with Gasteiger partial charge in [0.1, 0.15) is 17.5 Å². The van der Waals surface area contributed by atoms with E-state index in [1.165, 1.54) is 26.4 Å². The number of carbonyl (C=O) groups is 1. The van der Waals surface area contributed by atoms with E-state index >= 15 is 0 Å². The van der Waals surface area contributed by atoms with E-state index in [0.29, 0.717) is 22.1 Å². The first-order chi connectivity index (χ1) is 7.51. The first-order valence-electron chi connectivity index (χ1n) is 4.41. The van der Waals surface area contributed by atoms with Gasteiger partial charge in [-0.1, -0.05) is 11.6 Å². The molecule has 1 unspecified atom stereocenters. The molecule has 0 aliphatic carbocycles. The van der Waals surface area contributed by atoms with Gasteiger partial charge < -0.3 is 20.3 Å². The van der Waals surface area contributed by atoms with Crippen LogP contribution in [0.5, 0.6) is 11.5 Å². The van der Waals surface area contributed by atoms with Gasteiger partial charge in [0.25, 0.3) is 0 Å². The Morgan fingerprint density at radius 3 is 2.38 bits per heavy atom. The second-order valence-corrected chi connectivity index (χ2v) is 3.45. The number of hydrogen-bond donors (Lipinski definition) is 2. The molecule has 88 valence electrons. The number of rotatable bonds is 4. The lowest BCUT2D eigenvalue weighted by molar-refractivity contribution is -0.138. The van der Waals surface area contributed by atoms with Crippen molar-refractivity contribution in [3.63, 3.8) is 0 Å². The molecule has 3 N–H and O–H groups in total. The molecule has 0 saturated carbocycles. The molecule has 1 rings (SSSR count). The number of carboxylic acid groups (broad SMARTS) is 1. The van der Waals surface area contributed by atoms with Gasteiger partial charge in [0.05, 0.1) is 19.2 Å². The van der Waals surface area contributed by atoms with Crippen molar-refractivity contribution in [2.24, 2.45) is 5.73 Å². The second kappa shape index (κ2) is 5.05. The van der Waals surface area contributed by atoms with E-state index in [4.69, 9.17) is 31.9 Å². The van der Waals surface area contributed by atoms with Crippen LogP contribution in [0, 0.1) is 0 Å². The lowest BCUT2D eigenvalue weighted by Crippen LogP contribution is -2.21. The largest absolute Gasteiger partial charge is 0.496 e. The Morgan fingerprint density at radius 1 is 1.38 bits per heavy atom. The highest BCUT2D eigenvalue weighted by molar-refractivity contribution is 6.32. The van der Waals surface area contributed by atoms with E-state index in [-0.39, 0.29) is 0 Å². The van der Waals surface area contributed by atoms with Crippen molar-refractivity contribution in [1.29, 1.82) is 0 Å². The zero-order valence-electron chi connectivity index (χ0n) is 8.86. The molecule has 0 spiro atoms. The summed E-state index contributed by atoms with van der Waals surface area (Å²) in [7, 11) is 2.85. The molecule has 1 aromatic rings. The molecule has 0 aromatic heterocycles. The number of methoxy groups -OCH3 is 2. The van der Waals surface area contributed by atoms with Crippen molar-refractivity contribution >= 4 is 17.6 Å². The normalized spacial score (nSPS) is 12.0. The molecule has 6 heteroatoms. The number of hydrogen-bond acceptors (Lipinski definition) is 4. The maximum Gasteiger partial charge on any atom is 0.325 e. The van der Waals surface area contributed by atoms with Crippen LogP contribution in [0.25, 0.3) is 0 Å². The van der Waals surface area contributed by atoms with E-state index < -0.39 is 12.0 Å². The monoisotopic (exact) mass is 245 g/mol. The van der Waals surface area contributed by atoms with Gasteiger partial charge in [0.2, 0.25) is 0 Å². The Balaban J connectivity index is 3.29. The van der Waals surface area contributed by atoms with Crippen LogP contribution in [-0.4, -0.2) is 25.3 Å². The van der Waals surface area contributed by atoms with Crippen LogP contribution in [-0.2, 0) is 4.79 Å². The lowest BCUT2D eigenvalue weighted by Gasteiger charge is -2.14. The molecule has 0 amide bonds. The summed E-state index contributed by atoms with van der Waals surface area (Å²) in [5.41, 5.74) is 5.83. The fourth-order valence-electron chi connectivity index (χ4n) is 1.26. The number of ether oxygens (including phenoxy) is 2. The van der Waals surface area contributed by atoms with Crippen LogP contribution < -0.4 is 15.2 Å². The van der Waals surface area contributed by atoms with Gasteiger partial charge >= 0.3 is 5.97 Å². The van der Waals surface area contributed by atoms with Gasteiger partial charge in [-0.2, -0.15) is 0 Å². The third-order valence-corrected chi connectivity index (χ3v) is 2.40. The Labute approximate surface area is 97.7 Å². The molecule has 0 saturated heterocycles. The topological polar surface area (TPSA) is 81.8 Å². The molecule has 0 bridgehead atoms. The fraction of sp³-hybridized carbons (Fsp3) is 0.300.